The van der Waals surface area contributed by atoms with Gasteiger partial charge in [0.05, 0.1) is 24.5 Å². The SMILES string of the molecule is N[C@H]1CCCC[C@H]1NC1CC2CNNC(=O)C2C(Nc2cccc3occc23)N1. The van der Waals surface area contributed by atoms with Gasteiger partial charge in [0, 0.05) is 29.7 Å². The van der Waals surface area contributed by atoms with E-state index < -0.39 is 0 Å². The molecule has 2 aromatic rings. The lowest BCUT2D eigenvalue weighted by Gasteiger charge is -2.46. The number of hydrogen-bond donors (Lipinski definition) is 6. The second kappa shape index (κ2) is 7.95. The zero-order chi connectivity index (χ0) is 19.8. The van der Waals surface area contributed by atoms with E-state index in [0.717, 1.165) is 42.5 Å². The monoisotopic (exact) mass is 398 g/mol. The zero-order valence-electron chi connectivity index (χ0n) is 16.5. The number of anilines is 1. The van der Waals surface area contributed by atoms with Crippen molar-refractivity contribution >= 4 is 22.6 Å². The maximum Gasteiger partial charge on any atom is 0.240 e. The Morgan fingerprint density at radius 2 is 2.07 bits per heavy atom. The van der Waals surface area contributed by atoms with Crippen LogP contribution >= 0.6 is 0 Å². The van der Waals surface area contributed by atoms with Gasteiger partial charge < -0.3 is 15.5 Å². The summed E-state index contributed by atoms with van der Waals surface area (Å²) in [6, 6.07) is 8.42. The molecule has 1 aliphatic carbocycles. The van der Waals surface area contributed by atoms with E-state index in [-0.39, 0.29) is 36.1 Å². The van der Waals surface area contributed by atoms with Crippen LogP contribution in [0.5, 0.6) is 0 Å². The second-order valence-corrected chi connectivity index (χ2v) is 8.59. The van der Waals surface area contributed by atoms with Gasteiger partial charge in [-0.15, -0.1) is 0 Å². The number of carbonyl (C=O) groups is 1. The molecule has 3 heterocycles. The van der Waals surface area contributed by atoms with Gasteiger partial charge in [0.25, 0.3) is 0 Å². The third-order valence-corrected chi connectivity index (χ3v) is 6.71. The third-order valence-electron chi connectivity index (χ3n) is 6.71. The molecule has 7 N–H and O–H groups in total. The molecule has 1 amide bonds. The quantitative estimate of drug-likeness (QED) is 0.459. The molecule has 1 saturated carbocycles. The normalized spacial score (nSPS) is 35.1. The molecule has 5 rings (SSSR count). The molecular formula is C21H30N6O2. The topological polar surface area (TPSA) is 116 Å². The summed E-state index contributed by atoms with van der Waals surface area (Å²) in [6.45, 7) is 0.765. The molecule has 4 unspecified atom stereocenters. The fourth-order valence-electron chi connectivity index (χ4n) is 5.20. The molecule has 6 atom stereocenters. The van der Waals surface area contributed by atoms with E-state index in [1.165, 1.54) is 12.8 Å². The van der Waals surface area contributed by atoms with Gasteiger partial charge in [-0.1, -0.05) is 18.9 Å². The van der Waals surface area contributed by atoms with E-state index in [2.05, 4.69) is 26.8 Å². The summed E-state index contributed by atoms with van der Waals surface area (Å²) in [7, 11) is 0. The van der Waals surface area contributed by atoms with Gasteiger partial charge in [0.1, 0.15) is 5.58 Å². The van der Waals surface area contributed by atoms with Crippen LogP contribution in [0.25, 0.3) is 11.0 Å². The van der Waals surface area contributed by atoms with Crippen molar-refractivity contribution in [2.45, 2.75) is 56.5 Å². The number of carbonyl (C=O) groups excluding carboxylic acids is 1. The molecule has 8 heteroatoms. The van der Waals surface area contributed by atoms with Crippen molar-refractivity contribution in [3.05, 3.63) is 30.5 Å². The van der Waals surface area contributed by atoms with Crippen LogP contribution in [0.2, 0.25) is 0 Å². The molecule has 8 nitrogen and oxygen atoms in total. The van der Waals surface area contributed by atoms with Gasteiger partial charge in [-0.3, -0.25) is 20.9 Å². The first-order chi connectivity index (χ1) is 14.2. The molecule has 0 radical (unpaired) electrons. The Kier molecular flexibility index (Phi) is 5.17. The van der Waals surface area contributed by atoms with Crippen molar-refractivity contribution in [1.82, 2.24) is 21.5 Å². The first kappa shape index (κ1) is 18.9. The lowest BCUT2D eigenvalue weighted by atomic mass is 9.80. The molecule has 1 aromatic carbocycles. The molecule has 2 saturated heterocycles. The van der Waals surface area contributed by atoms with Crippen LogP contribution in [0.15, 0.2) is 34.9 Å². The minimum Gasteiger partial charge on any atom is -0.464 e. The average Bonchev–Trinajstić information content (AvgIpc) is 3.20. The molecule has 2 aliphatic heterocycles. The number of benzene rings is 1. The average molecular weight is 399 g/mol. The summed E-state index contributed by atoms with van der Waals surface area (Å²) < 4.78 is 5.53. The highest BCUT2D eigenvalue weighted by molar-refractivity contribution is 5.91. The van der Waals surface area contributed by atoms with Crippen molar-refractivity contribution < 1.29 is 9.21 Å². The summed E-state index contributed by atoms with van der Waals surface area (Å²) in [5.74, 6) is 0.110. The second-order valence-electron chi connectivity index (χ2n) is 8.59. The number of furan rings is 1. The highest BCUT2D eigenvalue weighted by Gasteiger charge is 2.44. The number of piperidine rings is 1. The number of nitrogens with one attached hydrogen (secondary N) is 5. The first-order valence-electron chi connectivity index (χ1n) is 10.7. The Labute approximate surface area is 170 Å². The van der Waals surface area contributed by atoms with Crippen molar-refractivity contribution in [2.24, 2.45) is 17.6 Å². The Bertz CT molecular complexity index is 870. The highest BCUT2D eigenvalue weighted by Crippen LogP contribution is 2.32. The predicted molar refractivity (Wildman–Crippen MR) is 112 cm³/mol. The standard InChI is InChI=1S/C21H30N6O2/c22-14-4-1-2-5-16(14)24-18-10-12-11-23-27-21(28)19(12)20(26-18)25-15-6-3-7-17-13(15)8-9-29-17/h3,6-9,12,14,16,18-20,23-26H,1-2,4-5,10-11,22H2,(H,27,28)/t12?,14-,16+,18?,19?,20?/m0/s1. The molecule has 29 heavy (non-hydrogen) atoms. The molecule has 3 fully saturated rings. The number of hydrogen-bond acceptors (Lipinski definition) is 7. The van der Waals surface area contributed by atoms with Crippen LogP contribution in [0.1, 0.15) is 32.1 Å². The number of rotatable bonds is 4. The highest BCUT2D eigenvalue weighted by atomic mass is 16.3. The molecule has 1 aromatic heterocycles. The smallest absolute Gasteiger partial charge is 0.240 e. The van der Waals surface area contributed by atoms with Crippen LogP contribution < -0.4 is 32.5 Å². The summed E-state index contributed by atoms with van der Waals surface area (Å²) in [5.41, 5.74) is 14.0. The number of hydrazine groups is 1. The van der Waals surface area contributed by atoms with E-state index in [0.29, 0.717) is 6.04 Å². The summed E-state index contributed by atoms with van der Waals surface area (Å²) in [6.07, 6.45) is 7.13. The number of nitrogens with two attached hydrogens (primary N) is 1. The Balaban J connectivity index is 1.38. The summed E-state index contributed by atoms with van der Waals surface area (Å²) >= 11 is 0. The largest absolute Gasteiger partial charge is 0.464 e. The summed E-state index contributed by atoms with van der Waals surface area (Å²) in [5, 5.41) is 12.0. The minimum atomic E-state index is -0.186. The van der Waals surface area contributed by atoms with Gasteiger partial charge in [0.15, 0.2) is 0 Å². The van der Waals surface area contributed by atoms with E-state index in [1.807, 2.05) is 24.3 Å². The zero-order valence-corrected chi connectivity index (χ0v) is 16.5. The molecule has 3 aliphatic rings. The van der Waals surface area contributed by atoms with Crippen LogP contribution in [0, 0.1) is 11.8 Å². The van der Waals surface area contributed by atoms with Crippen LogP contribution in [-0.2, 0) is 4.79 Å². The predicted octanol–water partition coefficient (Wildman–Crippen LogP) is 1.22. The molecular weight excluding hydrogens is 368 g/mol. The van der Waals surface area contributed by atoms with Gasteiger partial charge in [-0.2, -0.15) is 0 Å². The fraction of sp³-hybridized carbons (Fsp3) is 0.571. The molecule has 156 valence electrons. The fourth-order valence-corrected chi connectivity index (χ4v) is 5.20. The maximum atomic E-state index is 12.7. The van der Waals surface area contributed by atoms with Crippen molar-refractivity contribution in [2.75, 3.05) is 11.9 Å². The van der Waals surface area contributed by atoms with Gasteiger partial charge in [-0.05, 0) is 43.4 Å². The van der Waals surface area contributed by atoms with Crippen LogP contribution in [0.3, 0.4) is 0 Å². The third kappa shape index (κ3) is 3.73. The van der Waals surface area contributed by atoms with Crippen molar-refractivity contribution in [1.29, 1.82) is 0 Å². The van der Waals surface area contributed by atoms with E-state index in [1.54, 1.807) is 6.26 Å². The van der Waals surface area contributed by atoms with E-state index in [9.17, 15) is 4.79 Å². The number of fused-ring (bicyclic) bond motifs is 2. The lowest BCUT2D eigenvalue weighted by Crippen LogP contribution is -2.69. The lowest BCUT2D eigenvalue weighted by molar-refractivity contribution is -0.133. The van der Waals surface area contributed by atoms with Crippen molar-refractivity contribution in [3.8, 4) is 0 Å². The Hall–Kier alpha value is -2.13. The maximum absolute atomic E-state index is 12.7. The van der Waals surface area contributed by atoms with Gasteiger partial charge in [0.2, 0.25) is 5.91 Å². The van der Waals surface area contributed by atoms with Gasteiger partial charge >= 0.3 is 0 Å². The molecule has 0 spiro atoms. The van der Waals surface area contributed by atoms with E-state index >= 15 is 0 Å². The molecule has 0 bridgehead atoms. The first-order valence-corrected chi connectivity index (χ1v) is 10.7. The van der Waals surface area contributed by atoms with Crippen molar-refractivity contribution in [3.63, 3.8) is 0 Å². The number of amides is 1. The van der Waals surface area contributed by atoms with Crippen LogP contribution in [-0.4, -0.2) is 36.9 Å². The Morgan fingerprint density at radius 1 is 1.17 bits per heavy atom. The van der Waals surface area contributed by atoms with E-state index in [4.69, 9.17) is 10.2 Å². The van der Waals surface area contributed by atoms with Gasteiger partial charge in [-0.25, -0.2) is 5.43 Å². The summed E-state index contributed by atoms with van der Waals surface area (Å²) in [4.78, 5) is 12.7. The van der Waals surface area contributed by atoms with Crippen LogP contribution in [0.4, 0.5) is 5.69 Å². The minimum absolute atomic E-state index is 0.0263. The Morgan fingerprint density at radius 3 is 2.97 bits per heavy atom.